The summed E-state index contributed by atoms with van der Waals surface area (Å²) >= 11 is 0. The first-order chi connectivity index (χ1) is 6.19. The number of methoxy groups -OCH3 is 1. The fourth-order valence-corrected chi connectivity index (χ4v) is 1.32. The quantitative estimate of drug-likeness (QED) is 0.648. The van der Waals surface area contributed by atoms with Gasteiger partial charge in [0.1, 0.15) is 6.10 Å². The molecule has 0 aromatic rings. The van der Waals surface area contributed by atoms with Crippen LogP contribution in [0.15, 0.2) is 0 Å². The molecule has 0 spiro atoms. The molecule has 0 aromatic carbocycles. The number of rotatable bonds is 5. The molecule has 76 valence electrons. The molecule has 1 aliphatic carbocycles. The minimum absolute atomic E-state index is 0.00287. The lowest BCUT2D eigenvalue weighted by atomic mass is 10.3. The largest absolute Gasteiger partial charge is 0.370 e. The fourth-order valence-electron chi connectivity index (χ4n) is 1.32. The van der Waals surface area contributed by atoms with Gasteiger partial charge in [-0.25, -0.2) is 0 Å². The first-order valence-electron chi connectivity index (χ1n) is 4.67. The molecule has 0 heterocycles. The zero-order chi connectivity index (χ0) is 9.84. The molecule has 1 rings (SSSR count). The number of nitrogens with two attached hydrogens (primary N) is 1. The predicted octanol–water partition coefficient (Wildman–Crippen LogP) is -0.171. The van der Waals surface area contributed by atoms with Gasteiger partial charge in [-0.1, -0.05) is 0 Å². The maximum Gasteiger partial charge on any atom is 0.252 e. The molecule has 1 atom stereocenters. The topological polar surface area (TPSA) is 55.6 Å². The zero-order valence-corrected chi connectivity index (χ0v) is 8.32. The second kappa shape index (κ2) is 4.58. The van der Waals surface area contributed by atoms with E-state index in [0.29, 0.717) is 5.92 Å². The molecule has 1 amide bonds. The van der Waals surface area contributed by atoms with E-state index in [9.17, 15) is 4.79 Å². The molecule has 2 N–H and O–H groups in total. The fraction of sp³-hybridized carbons (Fsp3) is 0.889. The van der Waals surface area contributed by atoms with Gasteiger partial charge in [-0.15, -0.1) is 0 Å². The van der Waals surface area contributed by atoms with Gasteiger partial charge in [-0.2, -0.15) is 0 Å². The summed E-state index contributed by atoms with van der Waals surface area (Å²) < 4.78 is 4.97. The molecule has 1 unspecified atom stereocenters. The molecule has 4 heteroatoms. The maximum atomic E-state index is 11.6. The third-order valence-corrected chi connectivity index (χ3v) is 2.38. The van der Waals surface area contributed by atoms with Crippen molar-refractivity contribution in [3.05, 3.63) is 0 Å². The molecule has 0 bridgehead atoms. The smallest absolute Gasteiger partial charge is 0.252 e. The van der Waals surface area contributed by atoms with Gasteiger partial charge in [0.2, 0.25) is 0 Å². The van der Waals surface area contributed by atoms with Crippen LogP contribution in [0, 0.1) is 5.92 Å². The molecule has 13 heavy (non-hydrogen) atoms. The number of hydrogen-bond donors (Lipinski definition) is 1. The summed E-state index contributed by atoms with van der Waals surface area (Å²) in [5.41, 5.74) is 5.40. The Kier molecular flexibility index (Phi) is 3.69. The lowest BCUT2D eigenvalue weighted by Gasteiger charge is -2.21. The third-order valence-electron chi connectivity index (χ3n) is 2.38. The van der Waals surface area contributed by atoms with Crippen molar-refractivity contribution in [3.63, 3.8) is 0 Å². The number of carbonyl (C=O) groups is 1. The molecular weight excluding hydrogens is 168 g/mol. The van der Waals surface area contributed by atoms with Crippen LogP contribution in [0.3, 0.4) is 0 Å². The van der Waals surface area contributed by atoms with E-state index in [0.717, 1.165) is 6.54 Å². The maximum absolute atomic E-state index is 11.6. The summed E-state index contributed by atoms with van der Waals surface area (Å²) in [6.07, 6.45) is 2.03. The number of likely N-dealkylation sites (N-methyl/N-ethyl adjacent to an activating group) is 1. The van der Waals surface area contributed by atoms with Crippen LogP contribution in [0.5, 0.6) is 0 Å². The van der Waals surface area contributed by atoms with Crippen molar-refractivity contribution < 1.29 is 9.53 Å². The number of ether oxygens (including phenoxy) is 1. The second-order valence-electron chi connectivity index (χ2n) is 3.62. The monoisotopic (exact) mass is 186 g/mol. The van der Waals surface area contributed by atoms with Gasteiger partial charge in [-0.3, -0.25) is 4.79 Å². The van der Waals surface area contributed by atoms with Crippen molar-refractivity contribution in [2.75, 3.05) is 27.2 Å². The van der Waals surface area contributed by atoms with Crippen LogP contribution in [0.4, 0.5) is 0 Å². The van der Waals surface area contributed by atoms with Crippen LogP contribution >= 0.6 is 0 Å². The SMILES string of the molecule is COC(CN)C(=O)N(C)CC1CC1. The number of nitrogens with zero attached hydrogens (tertiary/aromatic N) is 1. The highest BCUT2D eigenvalue weighted by molar-refractivity contribution is 5.80. The standard InChI is InChI=1S/C9H18N2O2/c1-11(6-7-3-4-7)9(12)8(5-10)13-2/h7-8H,3-6,10H2,1-2H3. The van der Waals surface area contributed by atoms with Crippen molar-refractivity contribution in [2.45, 2.75) is 18.9 Å². The Labute approximate surface area is 79.0 Å². The van der Waals surface area contributed by atoms with E-state index in [1.54, 1.807) is 4.90 Å². The average Bonchev–Trinajstić information content (AvgIpc) is 2.90. The van der Waals surface area contributed by atoms with E-state index in [-0.39, 0.29) is 12.5 Å². The van der Waals surface area contributed by atoms with Gasteiger partial charge in [0.15, 0.2) is 0 Å². The number of hydrogen-bond acceptors (Lipinski definition) is 3. The van der Waals surface area contributed by atoms with Crippen LogP contribution in [0.25, 0.3) is 0 Å². The van der Waals surface area contributed by atoms with Gasteiger partial charge in [0.25, 0.3) is 5.91 Å². The summed E-state index contributed by atoms with van der Waals surface area (Å²) in [7, 11) is 3.32. The van der Waals surface area contributed by atoms with E-state index in [2.05, 4.69) is 0 Å². The van der Waals surface area contributed by atoms with Gasteiger partial charge in [0, 0.05) is 27.2 Å². The Bertz CT molecular complexity index is 176. The first-order valence-corrected chi connectivity index (χ1v) is 4.67. The summed E-state index contributed by atoms with van der Waals surface area (Å²) in [4.78, 5) is 13.3. The Hall–Kier alpha value is -0.610. The molecule has 1 fully saturated rings. The number of carbonyl (C=O) groups excluding carboxylic acids is 1. The van der Waals surface area contributed by atoms with Crippen LogP contribution in [-0.4, -0.2) is 44.2 Å². The highest BCUT2D eigenvalue weighted by Gasteiger charge is 2.27. The Morgan fingerprint density at radius 3 is 2.69 bits per heavy atom. The van der Waals surface area contributed by atoms with E-state index < -0.39 is 6.10 Å². The Balaban J connectivity index is 2.33. The Morgan fingerprint density at radius 1 is 1.69 bits per heavy atom. The van der Waals surface area contributed by atoms with Gasteiger partial charge in [-0.05, 0) is 18.8 Å². The molecule has 0 aromatic heterocycles. The summed E-state index contributed by atoms with van der Waals surface area (Å²) in [6, 6.07) is 0. The van der Waals surface area contributed by atoms with E-state index in [4.69, 9.17) is 10.5 Å². The normalized spacial score (nSPS) is 18.4. The van der Waals surface area contributed by atoms with Crippen LogP contribution < -0.4 is 5.73 Å². The molecular formula is C9H18N2O2. The highest BCUT2D eigenvalue weighted by atomic mass is 16.5. The van der Waals surface area contributed by atoms with Crippen LogP contribution in [-0.2, 0) is 9.53 Å². The van der Waals surface area contributed by atoms with Crippen molar-refractivity contribution in [1.29, 1.82) is 0 Å². The lowest BCUT2D eigenvalue weighted by Crippen LogP contribution is -2.42. The lowest BCUT2D eigenvalue weighted by molar-refractivity contribution is -0.140. The summed E-state index contributed by atoms with van der Waals surface area (Å²) in [6.45, 7) is 1.10. The van der Waals surface area contributed by atoms with Crippen molar-refractivity contribution >= 4 is 5.91 Å². The second-order valence-corrected chi connectivity index (χ2v) is 3.62. The highest BCUT2D eigenvalue weighted by Crippen LogP contribution is 2.29. The minimum atomic E-state index is -0.469. The van der Waals surface area contributed by atoms with Gasteiger partial charge >= 0.3 is 0 Å². The Morgan fingerprint density at radius 2 is 2.31 bits per heavy atom. The van der Waals surface area contributed by atoms with Crippen LogP contribution in [0.1, 0.15) is 12.8 Å². The predicted molar refractivity (Wildman–Crippen MR) is 50.2 cm³/mol. The summed E-state index contributed by atoms with van der Waals surface area (Å²) in [5.74, 6) is 0.709. The number of amides is 1. The van der Waals surface area contributed by atoms with E-state index in [1.165, 1.54) is 20.0 Å². The minimum Gasteiger partial charge on any atom is -0.370 e. The molecule has 1 saturated carbocycles. The molecule has 0 radical (unpaired) electrons. The molecule has 4 nitrogen and oxygen atoms in total. The molecule has 0 aliphatic heterocycles. The van der Waals surface area contributed by atoms with Crippen molar-refractivity contribution in [1.82, 2.24) is 4.90 Å². The zero-order valence-electron chi connectivity index (χ0n) is 8.32. The first kappa shape index (κ1) is 10.5. The third kappa shape index (κ3) is 2.97. The van der Waals surface area contributed by atoms with Gasteiger partial charge in [0.05, 0.1) is 0 Å². The molecule has 1 aliphatic rings. The average molecular weight is 186 g/mol. The van der Waals surface area contributed by atoms with Crippen molar-refractivity contribution in [3.8, 4) is 0 Å². The summed E-state index contributed by atoms with van der Waals surface area (Å²) in [5, 5.41) is 0. The molecule has 0 saturated heterocycles. The van der Waals surface area contributed by atoms with E-state index in [1.807, 2.05) is 7.05 Å². The van der Waals surface area contributed by atoms with E-state index >= 15 is 0 Å². The van der Waals surface area contributed by atoms with Gasteiger partial charge < -0.3 is 15.4 Å². The van der Waals surface area contributed by atoms with Crippen LogP contribution in [0.2, 0.25) is 0 Å². The van der Waals surface area contributed by atoms with Crippen molar-refractivity contribution in [2.24, 2.45) is 11.7 Å².